The molecule has 0 amide bonds. The van der Waals surface area contributed by atoms with E-state index in [0.29, 0.717) is 0 Å². The van der Waals surface area contributed by atoms with Crippen LogP contribution in [0.5, 0.6) is 0 Å². The molecule has 0 saturated carbocycles. The Bertz CT molecular complexity index is 55.0. The van der Waals surface area contributed by atoms with Crippen molar-refractivity contribution in [2.75, 3.05) is 0 Å². The Hall–Kier alpha value is 1.22. The first kappa shape index (κ1) is 9.22. The molecular formula is C6H15NaSi. The molecule has 0 bridgehead atoms. The molecule has 1 aliphatic rings. The summed E-state index contributed by atoms with van der Waals surface area (Å²) in [6, 6.07) is 3.25. The van der Waals surface area contributed by atoms with Crippen LogP contribution < -0.4 is 29.6 Å². The minimum absolute atomic E-state index is 0. The molecule has 0 aliphatic carbocycles. The zero-order chi connectivity index (χ0) is 5.11. The fourth-order valence-electron chi connectivity index (χ4n) is 1.31. The van der Waals surface area contributed by atoms with E-state index in [9.17, 15) is 0 Å². The zero-order valence-electron chi connectivity index (χ0n) is 7.11. The van der Waals surface area contributed by atoms with Gasteiger partial charge in [0.15, 0.2) is 0 Å². The van der Waals surface area contributed by atoms with Crippen molar-refractivity contribution in [3.8, 4) is 0 Å². The van der Waals surface area contributed by atoms with Gasteiger partial charge in [-0.25, -0.2) is 0 Å². The van der Waals surface area contributed by atoms with Crippen LogP contribution in [0, 0.1) is 0 Å². The summed E-state index contributed by atoms with van der Waals surface area (Å²) in [6.45, 7) is 2.50. The largest absolute Gasteiger partial charge is 1.00 e. The van der Waals surface area contributed by atoms with Crippen LogP contribution in [-0.2, 0) is 0 Å². The van der Waals surface area contributed by atoms with Crippen LogP contribution in [0.25, 0.3) is 0 Å². The maximum atomic E-state index is 2.50. The number of hydrogen-bond acceptors (Lipinski definition) is 0. The Labute approximate surface area is 77.4 Å². The molecule has 1 saturated heterocycles. The monoisotopic (exact) mass is 138 g/mol. The number of rotatable bonds is 0. The summed E-state index contributed by atoms with van der Waals surface area (Å²) in [7, 11) is -0.0945. The summed E-state index contributed by atoms with van der Waals surface area (Å²) in [5.41, 5.74) is 0. The molecular weight excluding hydrogens is 123 g/mol. The Morgan fingerprint density at radius 1 is 1.12 bits per heavy atom. The van der Waals surface area contributed by atoms with Crippen LogP contribution >= 0.6 is 0 Å². The molecule has 1 fully saturated rings. The molecule has 1 heterocycles. The topological polar surface area (TPSA) is 0 Å². The average molecular weight is 138 g/mol. The van der Waals surface area contributed by atoms with Gasteiger partial charge in [0.2, 0.25) is 0 Å². The molecule has 0 radical (unpaired) electrons. The van der Waals surface area contributed by atoms with E-state index in [-0.39, 0.29) is 39.8 Å². The second-order valence-corrected chi connectivity index (χ2v) is 6.11. The summed E-state index contributed by atoms with van der Waals surface area (Å²) in [5.74, 6) is 0. The van der Waals surface area contributed by atoms with Crippen molar-refractivity contribution in [1.29, 1.82) is 0 Å². The van der Waals surface area contributed by atoms with Gasteiger partial charge in [-0.15, -0.1) is 0 Å². The second kappa shape index (κ2) is 5.04. The Balaban J connectivity index is 0. The van der Waals surface area contributed by atoms with Crippen molar-refractivity contribution in [3.05, 3.63) is 0 Å². The van der Waals surface area contributed by atoms with Crippen LogP contribution in [0.4, 0.5) is 0 Å². The van der Waals surface area contributed by atoms with E-state index in [2.05, 4.69) is 6.55 Å². The molecule has 0 aromatic heterocycles. The first-order chi connectivity index (χ1) is 3.39. The third-order valence-electron chi connectivity index (χ3n) is 1.89. The van der Waals surface area contributed by atoms with Crippen molar-refractivity contribution in [2.45, 2.75) is 37.9 Å². The summed E-state index contributed by atoms with van der Waals surface area (Å²) in [4.78, 5) is 0. The van der Waals surface area contributed by atoms with Gasteiger partial charge >= 0.3 is 29.6 Å². The van der Waals surface area contributed by atoms with Crippen LogP contribution in [0.3, 0.4) is 0 Å². The van der Waals surface area contributed by atoms with E-state index in [4.69, 9.17) is 0 Å². The van der Waals surface area contributed by atoms with Gasteiger partial charge in [0.1, 0.15) is 0 Å². The first-order valence-electron chi connectivity index (χ1n) is 3.39. The van der Waals surface area contributed by atoms with Crippen LogP contribution in [0.1, 0.15) is 20.7 Å². The SMILES string of the molecule is C[SiH]1CCCCC1.[H-].[Na+]. The second-order valence-electron chi connectivity index (χ2n) is 2.74. The molecule has 0 spiro atoms. The fraction of sp³-hybridized carbons (Fsp3) is 1.00. The molecule has 1 aliphatic heterocycles. The summed E-state index contributed by atoms with van der Waals surface area (Å²) in [5, 5.41) is 0. The molecule has 8 heavy (non-hydrogen) atoms. The van der Waals surface area contributed by atoms with Gasteiger partial charge in [-0.3, -0.25) is 0 Å². The van der Waals surface area contributed by atoms with Gasteiger partial charge in [0.25, 0.3) is 0 Å². The van der Waals surface area contributed by atoms with Gasteiger partial charge in [-0.1, -0.05) is 37.9 Å². The normalized spacial score (nSPS) is 22.1. The van der Waals surface area contributed by atoms with Gasteiger partial charge in [-0.05, 0) is 0 Å². The molecule has 0 atom stereocenters. The van der Waals surface area contributed by atoms with Crippen LogP contribution in [0.2, 0.25) is 18.6 Å². The Morgan fingerprint density at radius 2 is 1.62 bits per heavy atom. The standard InChI is InChI=1S/C6H14Si.Na.H/c1-7-5-3-2-4-6-7;;/h7H,2-6H2,1H3;;/q;+1;-1. The van der Waals surface area contributed by atoms with Crippen LogP contribution in [0.15, 0.2) is 0 Å². The van der Waals surface area contributed by atoms with E-state index >= 15 is 0 Å². The molecule has 0 aromatic carbocycles. The van der Waals surface area contributed by atoms with Gasteiger partial charge in [-0.2, -0.15) is 0 Å². The maximum Gasteiger partial charge on any atom is 1.00 e. The molecule has 0 unspecified atom stereocenters. The summed E-state index contributed by atoms with van der Waals surface area (Å²) >= 11 is 0. The van der Waals surface area contributed by atoms with E-state index in [1.165, 1.54) is 6.42 Å². The molecule has 0 nitrogen and oxygen atoms in total. The third kappa shape index (κ3) is 3.28. The zero-order valence-corrected chi connectivity index (χ0v) is 9.27. The van der Waals surface area contributed by atoms with Crippen molar-refractivity contribution in [2.24, 2.45) is 0 Å². The third-order valence-corrected chi connectivity index (χ3v) is 4.68. The molecule has 2 heteroatoms. The first-order valence-corrected chi connectivity index (χ1v) is 6.18. The summed E-state index contributed by atoms with van der Waals surface area (Å²) in [6.07, 6.45) is 4.62. The fourth-order valence-corrected chi connectivity index (χ4v) is 3.57. The van der Waals surface area contributed by atoms with Crippen molar-refractivity contribution in [1.82, 2.24) is 0 Å². The van der Waals surface area contributed by atoms with Gasteiger partial charge in [0, 0.05) is 8.80 Å². The van der Waals surface area contributed by atoms with Gasteiger partial charge in [0.05, 0.1) is 0 Å². The predicted molar refractivity (Wildman–Crippen MR) is 37.6 cm³/mol. The number of hydrogen-bond donors (Lipinski definition) is 0. The van der Waals surface area contributed by atoms with E-state index in [1.54, 1.807) is 24.9 Å². The van der Waals surface area contributed by atoms with Crippen LogP contribution in [-0.4, -0.2) is 8.80 Å². The quantitative estimate of drug-likeness (QED) is 0.382. The average Bonchev–Trinajstić information content (AvgIpc) is 1.69. The molecule has 1 rings (SSSR count). The Morgan fingerprint density at radius 3 is 1.88 bits per heavy atom. The predicted octanol–water partition coefficient (Wildman–Crippen LogP) is -0.856. The van der Waals surface area contributed by atoms with Gasteiger partial charge < -0.3 is 1.43 Å². The molecule has 44 valence electrons. The van der Waals surface area contributed by atoms with Crippen molar-refractivity contribution < 1.29 is 31.0 Å². The minimum atomic E-state index is -0.0945. The van der Waals surface area contributed by atoms with E-state index in [1.807, 2.05) is 0 Å². The molecule has 0 N–H and O–H groups in total. The Kier molecular flexibility index (Phi) is 5.80. The van der Waals surface area contributed by atoms with E-state index in [0.717, 1.165) is 0 Å². The van der Waals surface area contributed by atoms with Crippen molar-refractivity contribution >= 4 is 8.80 Å². The minimum Gasteiger partial charge on any atom is -1.00 e. The summed E-state index contributed by atoms with van der Waals surface area (Å²) < 4.78 is 0. The smallest absolute Gasteiger partial charge is 1.00 e. The van der Waals surface area contributed by atoms with Crippen molar-refractivity contribution in [3.63, 3.8) is 0 Å². The maximum absolute atomic E-state index is 2.50. The molecule has 0 aromatic rings. The van der Waals surface area contributed by atoms with E-state index < -0.39 is 0 Å².